The molecule has 0 heterocycles. The Labute approximate surface area is 101 Å². The molecule has 0 aliphatic heterocycles. The van der Waals surface area contributed by atoms with Gasteiger partial charge in [0, 0.05) is 13.1 Å². The van der Waals surface area contributed by atoms with Crippen LogP contribution >= 0.6 is 0 Å². The maximum Gasteiger partial charge on any atom is 0.387 e. The Hall–Kier alpha value is -1.34. The van der Waals surface area contributed by atoms with Crippen molar-refractivity contribution in [3.63, 3.8) is 0 Å². The van der Waals surface area contributed by atoms with E-state index < -0.39 is 19.1 Å². The van der Waals surface area contributed by atoms with Gasteiger partial charge in [-0.3, -0.25) is 0 Å². The zero-order valence-corrected chi connectivity index (χ0v) is 9.32. The van der Waals surface area contributed by atoms with Crippen molar-refractivity contribution in [1.29, 1.82) is 0 Å². The highest BCUT2D eigenvalue weighted by molar-refractivity contribution is 5.27. The number of rotatable bonds is 7. The number of nitrogens with one attached hydrogen (secondary N) is 1. The van der Waals surface area contributed by atoms with Crippen LogP contribution in [-0.2, 0) is 6.54 Å². The molecule has 0 radical (unpaired) electrons. The fourth-order valence-corrected chi connectivity index (χ4v) is 1.24. The highest BCUT2D eigenvalue weighted by atomic mass is 19.3. The molecule has 1 rings (SSSR count). The Morgan fingerprint density at radius 3 is 2.22 bits per heavy atom. The highest BCUT2D eigenvalue weighted by Crippen LogP contribution is 2.14. The number of benzene rings is 1. The minimum absolute atomic E-state index is 0.0290. The van der Waals surface area contributed by atoms with Gasteiger partial charge in [0.2, 0.25) is 0 Å². The first-order valence-electron chi connectivity index (χ1n) is 5.19. The van der Waals surface area contributed by atoms with Gasteiger partial charge in [-0.15, -0.1) is 0 Å². The van der Waals surface area contributed by atoms with Crippen molar-refractivity contribution in [2.45, 2.75) is 25.7 Å². The molecule has 7 heteroatoms. The molecule has 0 aromatic heterocycles. The standard InChI is InChI=1S/C11H13F4NO2/c12-10(13)9(17)6-16-5-7-1-3-8(4-2-7)18-11(14)15/h1-4,9-11,16-17H,5-6H2. The van der Waals surface area contributed by atoms with E-state index in [4.69, 9.17) is 5.11 Å². The molecule has 18 heavy (non-hydrogen) atoms. The van der Waals surface area contributed by atoms with Crippen molar-refractivity contribution in [3.8, 4) is 5.75 Å². The summed E-state index contributed by atoms with van der Waals surface area (Å²) in [5.74, 6) is 0.0290. The topological polar surface area (TPSA) is 41.5 Å². The van der Waals surface area contributed by atoms with Gasteiger partial charge in [-0.05, 0) is 17.7 Å². The molecule has 0 fully saturated rings. The monoisotopic (exact) mass is 267 g/mol. The van der Waals surface area contributed by atoms with Crippen molar-refractivity contribution in [2.75, 3.05) is 6.54 Å². The summed E-state index contributed by atoms with van der Waals surface area (Å²) >= 11 is 0. The predicted octanol–water partition coefficient (Wildman–Crippen LogP) is 2.00. The Kier molecular flexibility index (Phi) is 5.87. The zero-order chi connectivity index (χ0) is 13.5. The molecule has 0 aliphatic rings. The second-order valence-electron chi connectivity index (χ2n) is 3.56. The van der Waals surface area contributed by atoms with Gasteiger partial charge in [-0.25, -0.2) is 8.78 Å². The van der Waals surface area contributed by atoms with Gasteiger partial charge in [0.1, 0.15) is 11.9 Å². The van der Waals surface area contributed by atoms with Crippen LogP contribution in [-0.4, -0.2) is 30.8 Å². The van der Waals surface area contributed by atoms with E-state index in [1.165, 1.54) is 24.3 Å². The fourth-order valence-electron chi connectivity index (χ4n) is 1.24. The number of halogens is 4. The number of alkyl halides is 4. The number of aliphatic hydroxyl groups excluding tert-OH is 1. The Morgan fingerprint density at radius 1 is 1.11 bits per heavy atom. The SMILES string of the molecule is OC(CNCc1ccc(OC(F)F)cc1)C(F)F. The quantitative estimate of drug-likeness (QED) is 0.742. The van der Waals surface area contributed by atoms with Crippen LogP contribution in [0.25, 0.3) is 0 Å². The molecule has 3 nitrogen and oxygen atoms in total. The lowest BCUT2D eigenvalue weighted by atomic mass is 10.2. The molecular weight excluding hydrogens is 254 g/mol. The summed E-state index contributed by atoms with van der Waals surface area (Å²) in [5, 5.41) is 11.5. The second-order valence-corrected chi connectivity index (χ2v) is 3.56. The maximum atomic E-state index is 12.0. The highest BCUT2D eigenvalue weighted by Gasteiger charge is 2.15. The first-order chi connectivity index (χ1) is 8.49. The van der Waals surface area contributed by atoms with Crippen LogP contribution in [0.2, 0.25) is 0 Å². The smallest absolute Gasteiger partial charge is 0.387 e. The molecule has 0 saturated heterocycles. The summed E-state index contributed by atoms with van der Waals surface area (Å²) in [6, 6.07) is 5.76. The van der Waals surface area contributed by atoms with Crippen LogP contribution in [0.5, 0.6) is 5.75 Å². The Balaban J connectivity index is 2.35. The molecule has 0 spiro atoms. The van der Waals surface area contributed by atoms with Crippen LogP contribution in [0.3, 0.4) is 0 Å². The lowest BCUT2D eigenvalue weighted by Crippen LogP contribution is -2.31. The molecule has 0 amide bonds. The van der Waals surface area contributed by atoms with Crippen molar-refractivity contribution in [1.82, 2.24) is 5.32 Å². The molecule has 1 aromatic rings. The largest absolute Gasteiger partial charge is 0.435 e. The van der Waals surface area contributed by atoms with E-state index in [0.29, 0.717) is 5.56 Å². The minimum atomic E-state index is -2.88. The van der Waals surface area contributed by atoms with Gasteiger partial charge < -0.3 is 15.2 Å². The summed E-state index contributed by atoms with van der Waals surface area (Å²) in [4.78, 5) is 0. The third-order valence-corrected chi connectivity index (χ3v) is 2.12. The van der Waals surface area contributed by atoms with Crippen molar-refractivity contribution >= 4 is 0 Å². The lowest BCUT2D eigenvalue weighted by Gasteiger charge is -2.11. The number of hydrogen-bond donors (Lipinski definition) is 2. The van der Waals surface area contributed by atoms with E-state index in [-0.39, 0.29) is 18.8 Å². The average molecular weight is 267 g/mol. The second kappa shape index (κ2) is 7.17. The molecule has 0 saturated carbocycles. The maximum absolute atomic E-state index is 12.0. The van der Waals surface area contributed by atoms with E-state index in [1.807, 2.05) is 0 Å². The van der Waals surface area contributed by atoms with Gasteiger partial charge in [-0.1, -0.05) is 12.1 Å². The summed E-state index contributed by atoms with van der Waals surface area (Å²) in [6.45, 7) is -2.87. The molecule has 0 aliphatic carbocycles. The first-order valence-corrected chi connectivity index (χ1v) is 5.19. The Bertz CT molecular complexity index is 345. The van der Waals surface area contributed by atoms with E-state index in [9.17, 15) is 17.6 Å². The molecule has 0 bridgehead atoms. The third-order valence-electron chi connectivity index (χ3n) is 2.12. The van der Waals surface area contributed by atoms with Gasteiger partial charge in [0.15, 0.2) is 0 Å². The van der Waals surface area contributed by atoms with E-state index in [1.54, 1.807) is 0 Å². The number of hydrogen-bond acceptors (Lipinski definition) is 3. The van der Waals surface area contributed by atoms with Crippen LogP contribution in [0.4, 0.5) is 17.6 Å². The average Bonchev–Trinajstić information content (AvgIpc) is 2.30. The van der Waals surface area contributed by atoms with Crippen LogP contribution in [0.15, 0.2) is 24.3 Å². The van der Waals surface area contributed by atoms with Crippen molar-refractivity contribution < 1.29 is 27.4 Å². The van der Waals surface area contributed by atoms with Crippen LogP contribution in [0.1, 0.15) is 5.56 Å². The molecule has 102 valence electrons. The predicted molar refractivity (Wildman–Crippen MR) is 56.8 cm³/mol. The number of aliphatic hydroxyl groups is 1. The summed E-state index contributed by atoms with van der Waals surface area (Å²) in [7, 11) is 0. The molecule has 1 atom stereocenters. The molecule has 1 unspecified atom stereocenters. The van der Waals surface area contributed by atoms with Crippen LogP contribution in [0, 0.1) is 0 Å². The van der Waals surface area contributed by atoms with Crippen molar-refractivity contribution in [3.05, 3.63) is 29.8 Å². The normalized spacial score (nSPS) is 13.1. The first kappa shape index (κ1) is 14.7. The van der Waals surface area contributed by atoms with Gasteiger partial charge in [0.05, 0.1) is 0 Å². The van der Waals surface area contributed by atoms with Crippen LogP contribution < -0.4 is 10.1 Å². The lowest BCUT2D eigenvalue weighted by molar-refractivity contribution is -0.0498. The van der Waals surface area contributed by atoms with E-state index in [0.717, 1.165) is 0 Å². The molecular formula is C11H13F4NO2. The molecule has 1 aromatic carbocycles. The zero-order valence-electron chi connectivity index (χ0n) is 9.32. The summed E-state index contributed by atoms with van der Waals surface area (Å²) in [5.41, 5.74) is 0.707. The van der Waals surface area contributed by atoms with Gasteiger partial charge in [-0.2, -0.15) is 8.78 Å². The summed E-state index contributed by atoms with van der Waals surface area (Å²) in [6.07, 6.45) is -4.51. The Morgan fingerprint density at radius 2 is 1.72 bits per heavy atom. The van der Waals surface area contributed by atoms with E-state index in [2.05, 4.69) is 10.1 Å². The minimum Gasteiger partial charge on any atom is -0.435 e. The fraction of sp³-hybridized carbons (Fsp3) is 0.455. The van der Waals surface area contributed by atoms with Gasteiger partial charge in [0.25, 0.3) is 6.43 Å². The third kappa shape index (κ3) is 5.33. The molecule has 2 N–H and O–H groups in total. The van der Waals surface area contributed by atoms with Gasteiger partial charge >= 0.3 is 6.61 Å². The van der Waals surface area contributed by atoms with E-state index >= 15 is 0 Å². The van der Waals surface area contributed by atoms with Crippen molar-refractivity contribution in [2.24, 2.45) is 0 Å². The summed E-state index contributed by atoms with van der Waals surface area (Å²) < 4.78 is 51.8. The number of ether oxygens (including phenoxy) is 1.